The summed E-state index contributed by atoms with van der Waals surface area (Å²) in [7, 11) is -6.76. The highest BCUT2D eigenvalue weighted by molar-refractivity contribution is 7.92. The second kappa shape index (κ2) is 10.6. The smallest absolute Gasteiger partial charge is 0.407 e. The normalized spacial score (nSPS) is 29.3. The molecule has 0 bridgehead atoms. The molecule has 2 aliphatic rings. The number of sulfone groups is 2. The largest absolute Gasteiger partial charge is 0.442 e. The second-order valence-corrected chi connectivity index (χ2v) is 11.8. The second-order valence-electron chi connectivity index (χ2n) is 7.44. The van der Waals surface area contributed by atoms with Gasteiger partial charge >= 0.3 is 12.2 Å². The van der Waals surface area contributed by atoms with E-state index >= 15 is 0 Å². The van der Waals surface area contributed by atoms with Gasteiger partial charge in [-0.3, -0.25) is 0 Å². The number of hydrogen-bond acceptors (Lipinski definition) is 10. The molecule has 1 unspecified atom stereocenters. The maximum Gasteiger partial charge on any atom is 0.407 e. The van der Waals surface area contributed by atoms with Crippen molar-refractivity contribution in [3.63, 3.8) is 0 Å². The Balaban J connectivity index is 1.46. The highest BCUT2D eigenvalue weighted by Gasteiger charge is 2.40. The van der Waals surface area contributed by atoms with Crippen molar-refractivity contribution in [3.05, 3.63) is 0 Å². The highest BCUT2D eigenvalue weighted by atomic mass is 32.2. The number of carbonyl (C=O) groups excluding carboxylic acids is 2. The molecular formula is C16H28N2O10S2. The van der Waals surface area contributed by atoms with Crippen LogP contribution in [0.3, 0.4) is 0 Å². The fraction of sp³-hybridized carbons (Fsp3) is 0.875. The minimum absolute atomic E-state index is 0.317. The van der Waals surface area contributed by atoms with Gasteiger partial charge in [0.25, 0.3) is 0 Å². The summed E-state index contributed by atoms with van der Waals surface area (Å²) in [5.41, 5.74) is 0. The number of rotatable bonds is 9. The SMILES string of the molecule is O=C(NCCCCCCNC(=O)O[C@@H]1CS(=O)(=O)C[C@H]1O)OC1CS(=O)(=O)C[C@@H]1O. The Labute approximate surface area is 175 Å². The lowest BCUT2D eigenvalue weighted by molar-refractivity contribution is 0.0328. The maximum absolute atomic E-state index is 11.6. The third kappa shape index (κ3) is 8.24. The summed E-state index contributed by atoms with van der Waals surface area (Å²) in [5, 5.41) is 24.1. The van der Waals surface area contributed by atoms with E-state index in [0.717, 1.165) is 12.8 Å². The van der Waals surface area contributed by atoms with E-state index in [-0.39, 0.29) is 11.5 Å². The summed E-state index contributed by atoms with van der Waals surface area (Å²) in [6.45, 7) is 0.635. The zero-order valence-electron chi connectivity index (χ0n) is 16.4. The Bertz CT molecular complexity index is 746. The van der Waals surface area contributed by atoms with Crippen molar-refractivity contribution in [3.8, 4) is 0 Å². The number of aliphatic hydroxyl groups excluding tert-OH is 2. The van der Waals surface area contributed by atoms with Crippen LogP contribution >= 0.6 is 0 Å². The molecule has 2 fully saturated rings. The van der Waals surface area contributed by atoms with Gasteiger partial charge < -0.3 is 30.3 Å². The quantitative estimate of drug-likeness (QED) is 0.282. The van der Waals surface area contributed by atoms with Gasteiger partial charge in [0.15, 0.2) is 19.7 Å². The fourth-order valence-electron chi connectivity index (χ4n) is 3.16. The van der Waals surface area contributed by atoms with Crippen LogP contribution in [0.25, 0.3) is 0 Å². The molecule has 0 aromatic carbocycles. The van der Waals surface area contributed by atoms with Crippen LogP contribution in [0.2, 0.25) is 0 Å². The Morgan fingerprint density at radius 1 is 0.700 bits per heavy atom. The van der Waals surface area contributed by atoms with E-state index in [1.165, 1.54) is 0 Å². The van der Waals surface area contributed by atoms with E-state index in [4.69, 9.17) is 9.47 Å². The number of unbranched alkanes of at least 4 members (excludes halogenated alkanes) is 3. The third-order valence-electron chi connectivity index (χ3n) is 4.70. The lowest BCUT2D eigenvalue weighted by Gasteiger charge is -2.15. The predicted molar refractivity (Wildman–Crippen MR) is 104 cm³/mol. The van der Waals surface area contributed by atoms with Crippen molar-refractivity contribution in [2.45, 2.75) is 50.1 Å². The van der Waals surface area contributed by atoms with Gasteiger partial charge in [-0.2, -0.15) is 0 Å². The molecule has 14 heteroatoms. The summed E-state index contributed by atoms with van der Waals surface area (Å²) in [6, 6.07) is 0. The van der Waals surface area contributed by atoms with E-state index in [9.17, 15) is 36.6 Å². The Hall–Kier alpha value is -1.64. The molecule has 0 saturated carbocycles. The molecule has 4 N–H and O–H groups in total. The van der Waals surface area contributed by atoms with Crippen molar-refractivity contribution in [2.75, 3.05) is 36.1 Å². The number of aliphatic hydroxyl groups is 2. The van der Waals surface area contributed by atoms with Crippen molar-refractivity contribution < 1.29 is 46.1 Å². The van der Waals surface area contributed by atoms with Gasteiger partial charge in [0.05, 0.1) is 23.0 Å². The molecule has 2 saturated heterocycles. The molecule has 0 aromatic heterocycles. The van der Waals surface area contributed by atoms with Gasteiger partial charge in [-0.05, 0) is 12.8 Å². The standard InChI is InChI=1S/C16H28N2O10S2/c19-11-7-29(23,24)9-13(11)27-15(21)17-5-3-1-2-4-6-18-16(22)28-14-10-30(25,26)8-12(14)20/h11-14,19-20H,1-10H2,(H,17,21)(H,18,22)/t11-,12+,13-,14?/m1/s1. The van der Waals surface area contributed by atoms with E-state index in [2.05, 4.69) is 10.6 Å². The van der Waals surface area contributed by atoms with Gasteiger partial charge in [-0.15, -0.1) is 0 Å². The molecule has 12 nitrogen and oxygen atoms in total. The number of alkyl carbamates (subject to hydrolysis) is 2. The van der Waals surface area contributed by atoms with Crippen LogP contribution in [0.1, 0.15) is 25.7 Å². The molecule has 0 radical (unpaired) electrons. The van der Waals surface area contributed by atoms with Crippen LogP contribution in [0.4, 0.5) is 9.59 Å². The van der Waals surface area contributed by atoms with E-state index in [1.807, 2.05) is 0 Å². The number of amides is 2. The first kappa shape index (κ1) is 24.6. The van der Waals surface area contributed by atoms with E-state index in [0.29, 0.717) is 25.9 Å². The van der Waals surface area contributed by atoms with Crippen LogP contribution in [0.5, 0.6) is 0 Å². The molecule has 2 amide bonds. The van der Waals surface area contributed by atoms with Crippen LogP contribution in [-0.2, 0) is 29.1 Å². The molecular weight excluding hydrogens is 444 g/mol. The van der Waals surface area contributed by atoms with Gasteiger partial charge in [0.2, 0.25) is 0 Å². The molecule has 4 atom stereocenters. The first-order chi connectivity index (χ1) is 14.0. The summed E-state index contributed by atoms with van der Waals surface area (Å²) in [6.07, 6.45) is -3.31. The molecule has 2 heterocycles. The lowest BCUT2D eigenvalue weighted by Crippen LogP contribution is -2.35. The van der Waals surface area contributed by atoms with Gasteiger partial charge in [-0.1, -0.05) is 12.8 Å². The minimum Gasteiger partial charge on any atom is -0.442 e. The molecule has 174 valence electrons. The summed E-state index contributed by atoms with van der Waals surface area (Å²) in [5.74, 6) is -1.58. The van der Waals surface area contributed by atoms with Crippen molar-refractivity contribution in [1.29, 1.82) is 0 Å². The maximum atomic E-state index is 11.6. The van der Waals surface area contributed by atoms with Gasteiger partial charge in [-0.25, -0.2) is 26.4 Å². The topological polar surface area (TPSA) is 185 Å². The fourth-order valence-corrected chi connectivity index (χ4v) is 6.49. The first-order valence-corrected chi connectivity index (χ1v) is 13.3. The van der Waals surface area contributed by atoms with Gasteiger partial charge in [0, 0.05) is 13.1 Å². The Morgan fingerprint density at radius 3 is 1.37 bits per heavy atom. The number of ether oxygens (including phenoxy) is 2. The first-order valence-electron chi connectivity index (χ1n) is 9.63. The zero-order chi connectivity index (χ0) is 22.4. The van der Waals surface area contributed by atoms with Crippen LogP contribution in [-0.4, -0.2) is 99.8 Å². The zero-order valence-corrected chi connectivity index (χ0v) is 18.0. The molecule has 0 aromatic rings. The average Bonchev–Trinajstić information content (AvgIpc) is 3.02. The predicted octanol–water partition coefficient (Wildman–Crippen LogP) is -1.68. The number of nitrogens with one attached hydrogen (secondary N) is 2. The van der Waals surface area contributed by atoms with Gasteiger partial charge in [0.1, 0.15) is 24.4 Å². The summed E-state index contributed by atoms with van der Waals surface area (Å²) < 4.78 is 55.2. The Kier molecular flexibility index (Phi) is 8.70. The molecule has 0 spiro atoms. The number of carbonyl (C=O) groups is 2. The van der Waals surface area contributed by atoms with Crippen molar-refractivity contribution in [2.24, 2.45) is 0 Å². The minimum atomic E-state index is -3.38. The molecule has 30 heavy (non-hydrogen) atoms. The van der Waals surface area contributed by atoms with Crippen LogP contribution < -0.4 is 10.6 Å². The average molecular weight is 473 g/mol. The van der Waals surface area contributed by atoms with Crippen LogP contribution in [0, 0.1) is 0 Å². The van der Waals surface area contributed by atoms with E-state index < -0.39 is 67.8 Å². The Morgan fingerprint density at radius 2 is 1.07 bits per heavy atom. The monoisotopic (exact) mass is 472 g/mol. The van der Waals surface area contributed by atoms with Crippen molar-refractivity contribution >= 4 is 31.9 Å². The van der Waals surface area contributed by atoms with Crippen LogP contribution in [0.15, 0.2) is 0 Å². The van der Waals surface area contributed by atoms with E-state index in [1.54, 1.807) is 0 Å². The molecule has 2 rings (SSSR count). The van der Waals surface area contributed by atoms with Crippen molar-refractivity contribution in [1.82, 2.24) is 10.6 Å². The summed E-state index contributed by atoms with van der Waals surface area (Å²) >= 11 is 0. The summed E-state index contributed by atoms with van der Waals surface area (Å²) in [4.78, 5) is 23.2. The molecule has 2 aliphatic heterocycles. The third-order valence-corrected chi connectivity index (χ3v) is 8.07. The number of hydrogen-bond donors (Lipinski definition) is 4. The highest BCUT2D eigenvalue weighted by Crippen LogP contribution is 2.16. The lowest BCUT2D eigenvalue weighted by atomic mass is 10.2. The molecule has 0 aliphatic carbocycles.